The van der Waals surface area contributed by atoms with Crippen LogP contribution in [0.15, 0.2) is 41.3 Å². The molecule has 1 amide bonds. The number of hydrogen-bond acceptors (Lipinski definition) is 8. The third-order valence-electron chi connectivity index (χ3n) is 6.77. The van der Waals surface area contributed by atoms with Gasteiger partial charge in [-0.25, -0.2) is 13.4 Å². The number of anilines is 1. The van der Waals surface area contributed by atoms with E-state index in [0.29, 0.717) is 67.5 Å². The summed E-state index contributed by atoms with van der Waals surface area (Å²) in [6.45, 7) is 5.27. The van der Waals surface area contributed by atoms with Crippen molar-refractivity contribution >= 4 is 42.6 Å². The van der Waals surface area contributed by atoms with Gasteiger partial charge < -0.3 is 14.4 Å². The zero-order chi connectivity index (χ0) is 26.2. The zero-order valence-corrected chi connectivity index (χ0v) is 23.0. The number of fused-ring (bicyclic) bond motifs is 2. The van der Waals surface area contributed by atoms with E-state index < -0.39 is 10.0 Å². The molecule has 0 bridgehead atoms. The molecule has 1 saturated heterocycles. The molecule has 2 aromatic carbocycles. The third-order valence-corrected chi connectivity index (χ3v) is 9.72. The molecule has 0 radical (unpaired) electrons. The molecule has 9 nitrogen and oxygen atoms in total. The lowest BCUT2D eigenvalue weighted by Gasteiger charge is -2.29. The summed E-state index contributed by atoms with van der Waals surface area (Å²) < 4.78 is 40.1. The minimum atomic E-state index is -3.58. The lowest BCUT2D eigenvalue weighted by Crippen LogP contribution is -2.38. The summed E-state index contributed by atoms with van der Waals surface area (Å²) in [5.41, 5.74) is 1.15. The molecule has 11 heteroatoms. The highest BCUT2D eigenvalue weighted by atomic mass is 32.2. The van der Waals surface area contributed by atoms with Crippen LogP contribution in [0.4, 0.5) is 5.13 Å². The van der Waals surface area contributed by atoms with Gasteiger partial charge in [-0.15, -0.1) is 0 Å². The van der Waals surface area contributed by atoms with Crippen LogP contribution in [0.3, 0.4) is 0 Å². The number of amides is 1. The lowest BCUT2D eigenvalue weighted by molar-refractivity contribution is 0.0985. The fourth-order valence-electron chi connectivity index (χ4n) is 4.45. The largest absolute Gasteiger partial charge is 0.486 e. The van der Waals surface area contributed by atoms with Gasteiger partial charge in [-0.2, -0.15) is 4.31 Å². The predicted molar refractivity (Wildman–Crippen MR) is 144 cm³/mol. The van der Waals surface area contributed by atoms with Crippen LogP contribution in [0.5, 0.6) is 11.5 Å². The maximum atomic E-state index is 13.7. The van der Waals surface area contributed by atoms with E-state index in [9.17, 15) is 13.2 Å². The van der Waals surface area contributed by atoms with Crippen molar-refractivity contribution < 1.29 is 22.7 Å². The van der Waals surface area contributed by atoms with Crippen molar-refractivity contribution in [3.05, 3.63) is 42.0 Å². The van der Waals surface area contributed by atoms with E-state index in [1.54, 1.807) is 21.3 Å². The molecule has 1 aromatic heterocycles. The van der Waals surface area contributed by atoms with Crippen molar-refractivity contribution in [3.8, 4) is 11.5 Å². The molecular formula is C26H32N4O5S2. The van der Waals surface area contributed by atoms with Crippen LogP contribution in [0, 0.1) is 5.92 Å². The number of hydrogen-bond donors (Lipinski definition) is 0. The summed E-state index contributed by atoms with van der Waals surface area (Å²) in [6.07, 6.45) is 1.72. The van der Waals surface area contributed by atoms with Gasteiger partial charge in [0.05, 0.1) is 15.1 Å². The van der Waals surface area contributed by atoms with Gasteiger partial charge >= 0.3 is 0 Å². The Bertz CT molecular complexity index is 1340. The molecule has 0 unspecified atom stereocenters. The van der Waals surface area contributed by atoms with E-state index in [2.05, 4.69) is 6.92 Å². The zero-order valence-electron chi connectivity index (χ0n) is 21.3. The maximum absolute atomic E-state index is 13.7. The first-order valence-electron chi connectivity index (χ1n) is 12.5. The Morgan fingerprint density at radius 1 is 1.05 bits per heavy atom. The Morgan fingerprint density at radius 3 is 2.35 bits per heavy atom. The first-order chi connectivity index (χ1) is 17.7. The number of carbonyl (C=O) groups excluding carboxylic acids is 1. The number of likely N-dealkylation sites (N-methyl/N-ethyl adjacent to an activating group) is 1. The summed E-state index contributed by atoms with van der Waals surface area (Å²) in [7, 11) is 0.319. The van der Waals surface area contributed by atoms with Crippen LogP contribution >= 0.6 is 11.3 Å². The molecule has 3 heterocycles. The molecule has 198 valence electrons. The SMILES string of the molecule is CC1CCN(S(=O)(=O)c2ccc(C(=O)N(CCN(C)C)c3nc4cc5c(cc4s3)OCCO5)cc2)CC1. The van der Waals surface area contributed by atoms with Gasteiger partial charge in [-0.1, -0.05) is 18.3 Å². The van der Waals surface area contributed by atoms with E-state index in [-0.39, 0.29) is 10.8 Å². The van der Waals surface area contributed by atoms with Crippen molar-refractivity contribution in [1.29, 1.82) is 0 Å². The second kappa shape index (κ2) is 10.6. The molecule has 0 aliphatic carbocycles. The third kappa shape index (κ3) is 5.45. The highest BCUT2D eigenvalue weighted by Crippen LogP contribution is 2.39. The van der Waals surface area contributed by atoms with E-state index in [1.807, 2.05) is 31.1 Å². The minimum absolute atomic E-state index is 0.212. The maximum Gasteiger partial charge on any atom is 0.260 e. The molecule has 3 aromatic rings. The number of ether oxygens (including phenoxy) is 2. The van der Waals surface area contributed by atoms with Crippen molar-refractivity contribution in [2.45, 2.75) is 24.7 Å². The average molecular weight is 545 g/mol. The van der Waals surface area contributed by atoms with Gasteiger partial charge in [0.15, 0.2) is 16.6 Å². The van der Waals surface area contributed by atoms with E-state index in [0.717, 1.165) is 23.1 Å². The smallest absolute Gasteiger partial charge is 0.260 e. The Morgan fingerprint density at radius 2 is 1.70 bits per heavy atom. The van der Waals surface area contributed by atoms with Crippen molar-refractivity contribution in [3.63, 3.8) is 0 Å². The number of rotatable bonds is 7. The molecule has 2 aliphatic heterocycles. The molecule has 0 atom stereocenters. The fraction of sp³-hybridized carbons (Fsp3) is 0.462. The molecule has 37 heavy (non-hydrogen) atoms. The number of piperidine rings is 1. The predicted octanol–water partition coefficient (Wildman–Crippen LogP) is 3.70. The Hall–Kier alpha value is -2.73. The number of thiazole rings is 1. The lowest BCUT2D eigenvalue weighted by atomic mass is 10.0. The summed E-state index contributed by atoms with van der Waals surface area (Å²) in [6, 6.07) is 10.0. The van der Waals surface area contributed by atoms with Gasteiger partial charge in [0, 0.05) is 43.9 Å². The van der Waals surface area contributed by atoms with Crippen molar-refractivity contribution in [2.24, 2.45) is 5.92 Å². The van der Waals surface area contributed by atoms with E-state index in [1.165, 1.54) is 23.5 Å². The van der Waals surface area contributed by atoms with Crippen LogP contribution in [-0.4, -0.2) is 82.0 Å². The van der Waals surface area contributed by atoms with Gasteiger partial charge in [-0.3, -0.25) is 9.69 Å². The first-order valence-corrected chi connectivity index (χ1v) is 14.7. The summed E-state index contributed by atoms with van der Waals surface area (Å²) in [5.74, 6) is 1.64. The van der Waals surface area contributed by atoms with Crippen molar-refractivity contribution in [1.82, 2.24) is 14.2 Å². The normalized spacial score (nSPS) is 16.9. The number of nitrogens with zero attached hydrogens (tertiary/aromatic N) is 4. The number of aromatic nitrogens is 1. The van der Waals surface area contributed by atoms with Crippen LogP contribution in [-0.2, 0) is 10.0 Å². The first kappa shape index (κ1) is 25.9. The Balaban J connectivity index is 1.41. The van der Waals surface area contributed by atoms with Crippen LogP contribution in [0.25, 0.3) is 10.2 Å². The van der Waals surface area contributed by atoms with E-state index >= 15 is 0 Å². The van der Waals surface area contributed by atoms with Gasteiger partial charge in [0.25, 0.3) is 5.91 Å². The van der Waals surface area contributed by atoms with E-state index in [4.69, 9.17) is 14.5 Å². The van der Waals surface area contributed by atoms with Crippen LogP contribution < -0.4 is 14.4 Å². The summed E-state index contributed by atoms with van der Waals surface area (Å²) >= 11 is 1.42. The molecule has 0 N–H and O–H groups in total. The highest BCUT2D eigenvalue weighted by molar-refractivity contribution is 7.89. The monoisotopic (exact) mass is 544 g/mol. The quantitative estimate of drug-likeness (QED) is 0.448. The molecule has 0 spiro atoms. The van der Waals surface area contributed by atoms with Gasteiger partial charge in [0.1, 0.15) is 13.2 Å². The number of benzene rings is 2. The Labute approximate surface area is 221 Å². The van der Waals surface area contributed by atoms with Crippen LogP contribution in [0.1, 0.15) is 30.1 Å². The highest BCUT2D eigenvalue weighted by Gasteiger charge is 2.29. The number of carbonyl (C=O) groups is 1. The molecule has 5 rings (SSSR count). The second-order valence-electron chi connectivity index (χ2n) is 9.83. The molecule has 2 aliphatic rings. The Kier molecular flexibility index (Phi) is 7.39. The van der Waals surface area contributed by atoms with Crippen LogP contribution in [0.2, 0.25) is 0 Å². The summed E-state index contributed by atoms with van der Waals surface area (Å²) in [5, 5.41) is 0.573. The molecular weight excluding hydrogens is 512 g/mol. The van der Waals surface area contributed by atoms with Gasteiger partial charge in [0.2, 0.25) is 10.0 Å². The second-order valence-corrected chi connectivity index (χ2v) is 12.8. The molecule has 1 fully saturated rings. The van der Waals surface area contributed by atoms with Gasteiger partial charge in [-0.05, 0) is 57.1 Å². The topological polar surface area (TPSA) is 92.3 Å². The standard InChI is InChI=1S/C26H32N4O5S2/c1-18-8-10-29(11-9-18)37(32,33)20-6-4-19(5-7-20)25(31)30(13-12-28(2)3)26-27-21-16-22-23(17-24(21)36-26)35-15-14-34-22/h4-7,16-18H,8-15H2,1-3H3. The van der Waals surface area contributed by atoms with Crippen molar-refractivity contribution in [2.75, 3.05) is 58.4 Å². The summed E-state index contributed by atoms with van der Waals surface area (Å²) in [4.78, 5) is 22.3. The molecule has 0 saturated carbocycles. The average Bonchev–Trinajstić information content (AvgIpc) is 3.29. The minimum Gasteiger partial charge on any atom is -0.486 e. The fourth-order valence-corrected chi connectivity index (χ4v) is 6.92. The number of sulfonamides is 1.